The van der Waals surface area contributed by atoms with Gasteiger partial charge < -0.3 is 23.8 Å². The van der Waals surface area contributed by atoms with Crippen LogP contribution in [0.25, 0.3) is 0 Å². The van der Waals surface area contributed by atoms with E-state index >= 15 is 0 Å². The van der Waals surface area contributed by atoms with Gasteiger partial charge in [0.05, 0.1) is 39.1 Å². The van der Waals surface area contributed by atoms with Gasteiger partial charge in [0.15, 0.2) is 11.5 Å². The van der Waals surface area contributed by atoms with E-state index in [0.29, 0.717) is 35.9 Å². The largest absolute Gasteiger partial charge is 0.496 e. The van der Waals surface area contributed by atoms with Gasteiger partial charge in [0, 0.05) is 25.2 Å². The Balaban J connectivity index is 1.79. The molecule has 0 atom stereocenters. The van der Waals surface area contributed by atoms with Crippen LogP contribution in [-0.4, -0.2) is 57.4 Å². The van der Waals surface area contributed by atoms with Crippen molar-refractivity contribution in [3.8, 4) is 17.2 Å². The van der Waals surface area contributed by atoms with E-state index in [1.54, 1.807) is 33.5 Å². The Morgan fingerprint density at radius 2 is 1.65 bits per heavy atom. The Hall–Kier alpha value is -2.21. The van der Waals surface area contributed by atoms with E-state index in [4.69, 9.17) is 18.9 Å². The molecule has 1 aromatic rings. The number of benzene rings is 1. The van der Waals surface area contributed by atoms with Crippen molar-refractivity contribution >= 4 is 5.91 Å². The highest BCUT2D eigenvalue weighted by molar-refractivity contribution is 5.98. The van der Waals surface area contributed by atoms with Crippen LogP contribution in [0.3, 0.4) is 0 Å². The molecule has 0 aliphatic carbocycles. The maximum atomic E-state index is 13.1. The van der Waals surface area contributed by atoms with Gasteiger partial charge in [0.1, 0.15) is 5.75 Å². The van der Waals surface area contributed by atoms with Crippen molar-refractivity contribution in [1.29, 1.82) is 0 Å². The van der Waals surface area contributed by atoms with Gasteiger partial charge in [-0.05, 0) is 26.2 Å². The molecule has 2 heterocycles. The predicted molar refractivity (Wildman–Crippen MR) is 98.3 cm³/mol. The highest BCUT2D eigenvalue weighted by atomic mass is 16.5. The minimum absolute atomic E-state index is 0.0610. The second-order valence-electron chi connectivity index (χ2n) is 6.85. The number of ether oxygens (including phenoxy) is 4. The third-order valence-corrected chi connectivity index (χ3v) is 5.23. The smallest absolute Gasteiger partial charge is 0.257 e. The molecule has 0 radical (unpaired) electrons. The molecule has 6 heteroatoms. The fourth-order valence-corrected chi connectivity index (χ4v) is 3.72. The molecule has 26 heavy (non-hydrogen) atoms. The maximum Gasteiger partial charge on any atom is 0.257 e. The topological polar surface area (TPSA) is 57.2 Å². The quantitative estimate of drug-likeness (QED) is 0.772. The van der Waals surface area contributed by atoms with Crippen LogP contribution < -0.4 is 14.2 Å². The number of methoxy groups -OCH3 is 3. The van der Waals surface area contributed by atoms with Crippen LogP contribution in [-0.2, 0) is 4.74 Å². The summed E-state index contributed by atoms with van der Waals surface area (Å²) in [5.74, 6) is 1.47. The summed E-state index contributed by atoms with van der Waals surface area (Å²) in [4.78, 5) is 14.9. The average molecular weight is 361 g/mol. The van der Waals surface area contributed by atoms with Crippen LogP contribution in [0.1, 0.15) is 36.5 Å². The van der Waals surface area contributed by atoms with E-state index in [0.717, 1.165) is 25.9 Å². The number of piperidine rings is 1. The van der Waals surface area contributed by atoms with Crippen LogP contribution in [0.2, 0.25) is 0 Å². The fourth-order valence-electron chi connectivity index (χ4n) is 3.72. The summed E-state index contributed by atoms with van der Waals surface area (Å²) in [6.07, 6.45) is 4.86. The van der Waals surface area contributed by atoms with Crippen molar-refractivity contribution in [2.24, 2.45) is 0 Å². The number of rotatable bonds is 4. The van der Waals surface area contributed by atoms with Crippen LogP contribution in [0.15, 0.2) is 23.8 Å². The van der Waals surface area contributed by atoms with Gasteiger partial charge in [0.2, 0.25) is 0 Å². The molecule has 2 aliphatic rings. The molecule has 3 rings (SSSR count). The number of likely N-dealkylation sites (tertiary alicyclic amines) is 1. The zero-order valence-electron chi connectivity index (χ0n) is 16.0. The standard InChI is InChI=1S/C20H27NO5/c1-14-5-10-26-20(13-14)6-8-21(9-7-20)19(22)15-11-17(24-3)18(25-4)12-16(15)23-2/h11-13H,5-10H2,1-4H3. The normalized spacial score (nSPS) is 19.1. The second-order valence-corrected chi connectivity index (χ2v) is 6.85. The predicted octanol–water partition coefficient (Wildman–Crippen LogP) is 3.05. The number of hydrogen-bond donors (Lipinski definition) is 0. The summed E-state index contributed by atoms with van der Waals surface area (Å²) in [5.41, 5.74) is 1.65. The lowest BCUT2D eigenvalue weighted by atomic mass is 9.87. The van der Waals surface area contributed by atoms with Crippen LogP contribution in [0.4, 0.5) is 0 Å². The molecule has 0 aromatic heterocycles. The Morgan fingerprint density at radius 3 is 2.23 bits per heavy atom. The molecule has 1 amide bonds. The zero-order chi connectivity index (χ0) is 18.7. The Kier molecular flexibility index (Phi) is 5.41. The number of hydrogen-bond acceptors (Lipinski definition) is 5. The first-order valence-corrected chi connectivity index (χ1v) is 8.93. The van der Waals surface area contributed by atoms with Gasteiger partial charge in [-0.25, -0.2) is 0 Å². The Bertz CT molecular complexity index is 704. The van der Waals surface area contributed by atoms with E-state index in [2.05, 4.69) is 13.0 Å². The summed E-state index contributed by atoms with van der Waals surface area (Å²) < 4.78 is 22.1. The molecule has 2 aliphatic heterocycles. The molecule has 0 unspecified atom stereocenters. The van der Waals surface area contributed by atoms with Crippen molar-refractivity contribution in [2.75, 3.05) is 41.0 Å². The molecule has 1 fully saturated rings. The molecule has 0 N–H and O–H groups in total. The molecule has 1 spiro atoms. The highest BCUT2D eigenvalue weighted by Crippen LogP contribution is 2.37. The van der Waals surface area contributed by atoms with Gasteiger partial charge in [-0.1, -0.05) is 11.6 Å². The average Bonchev–Trinajstić information content (AvgIpc) is 2.66. The van der Waals surface area contributed by atoms with Crippen molar-refractivity contribution < 1.29 is 23.7 Å². The van der Waals surface area contributed by atoms with Crippen molar-refractivity contribution in [2.45, 2.75) is 31.8 Å². The summed E-state index contributed by atoms with van der Waals surface area (Å²) in [5, 5.41) is 0. The number of carbonyl (C=O) groups is 1. The maximum absolute atomic E-state index is 13.1. The fraction of sp³-hybridized carbons (Fsp3) is 0.550. The minimum atomic E-state index is -0.208. The third-order valence-electron chi connectivity index (χ3n) is 5.23. The molecule has 0 bridgehead atoms. The summed E-state index contributed by atoms with van der Waals surface area (Å²) >= 11 is 0. The van der Waals surface area contributed by atoms with E-state index in [9.17, 15) is 4.79 Å². The lowest BCUT2D eigenvalue weighted by Gasteiger charge is -2.42. The molecule has 0 saturated carbocycles. The summed E-state index contributed by atoms with van der Waals surface area (Å²) in [6, 6.07) is 3.37. The van der Waals surface area contributed by atoms with Crippen molar-refractivity contribution in [3.05, 3.63) is 29.3 Å². The number of carbonyl (C=O) groups excluding carboxylic acids is 1. The van der Waals surface area contributed by atoms with Gasteiger partial charge in [-0.2, -0.15) is 0 Å². The second kappa shape index (κ2) is 7.58. The molecular weight excluding hydrogens is 334 g/mol. The SMILES string of the molecule is COc1cc(OC)c(C(=O)N2CCC3(C=C(C)CCO3)CC2)cc1OC. The van der Waals surface area contributed by atoms with E-state index < -0.39 is 0 Å². The zero-order valence-corrected chi connectivity index (χ0v) is 16.0. The minimum Gasteiger partial charge on any atom is -0.496 e. The van der Waals surface area contributed by atoms with Gasteiger partial charge in [0.25, 0.3) is 5.91 Å². The monoisotopic (exact) mass is 361 g/mol. The van der Waals surface area contributed by atoms with Crippen LogP contribution in [0.5, 0.6) is 17.2 Å². The van der Waals surface area contributed by atoms with E-state index in [-0.39, 0.29) is 11.5 Å². The van der Waals surface area contributed by atoms with Gasteiger partial charge in [-0.15, -0.1) is 0 Å². The Morgan fingerprint density at radius 1 is 1.04 bits per heavy atom. The first kappa shape index (κ1) is 18.6. The third kappa shape index (κ3) is 3.51. The molecular formula is C20H27NO5. The van der Waals surface area contributed by atoms with Crippen LogP contribution >= 0.6 is 0 Å². The first-order valence-electron chi connectivity index (χ1n) is 8.93. The number of amides is 1. The van der Waals surface area contributed by atoms with E-state index in [1.165, 1.54) is 5.57 Å². The molecule has 6 nitrogen and oxygen atoms in total. The summed E-state index contributed by atoms with van der Waals surface area (Å²) in [6.45, 7) is 4.22. The lowest BCUT2D eigenvalue weighted by molar-refractivity contribution is -0.0522. The van der Waals surface area contributed by atoms with E-state index in [1.807, 2.05) is 4.90 Å². The number of nitrogens with zero attached hydrogens (tertiary/aromatic N) is 1. The molecule has 1 saturated heterocycles. The van der Waals surface area contributed by atoms with Gasteiger partial charge in [-0.3, -0.25) is 4.79 Å². The molecule has 1 aromatic carbocycles. The van der Waals surface area contributed by atoms with Crippen molar-refractivity contribution in [3.63, 3.8) is 0 Å². The molecule has 142 valence electrons. The van der Waals surface area contributed by atoms with Gasteiger partial charge >= 0.3 is 0 Å². The van der Waals surface area contributed by atoms with Crippen molar-refractivity contribution in [1.82, 2.24) is 4.90 Å². The highest BCUT2D eigenvalue weighted by Gasteiger charge is 2.37. The first-order chi connectivity index (χ1) is 12.5. The summed E-state index contributed by atoms with van der Waals surface area (Å²) in [7, 11) is 4.66. The lowest BCUT2D eigenvalue weighted by Crippen LogP contribution is -2.48. The van der Waals surface area contributed by atoms with Crippen LogP contribution in [0, 0.1) is 0 Å². The Labute approximate surface area is 154 Å².